The number of halogens is 4. The zero-order chi connectivity index (χ0) is 14.0. The average Bonchev–Trinajstić information content (AvgIpc) is 2.28. The predicted octanol–water partition coefficient (Wildman–Crippen LogP) is 3.44. The third kappa shape index (κ3) is 3.59. The maximum absolute atomic E-state index is 13.9. The second-order valence-electron chi connectivity index (χ2n) is 4.81. The third-order valence-corrected chi connectivity index (χ3v) is 3.39. The first-order valence-electron chi connectivity index (χ1n) is 6.13. The largest absolute Gasteiger partial charge is 0.573 e. The molecule has 0 amide bonds. The monoisotopic (exact) mass is 277 g/mol. The molecule has 1 aliphatic heterocycles. The highest BCUT2D eigenvalue weighted by molar-refractivity contribution is 5.32. The average molecular weight is 277 g/mol. The maximum Gasteiger partial charge on any atom is 0.573 e. The molecule has 1 heterocycles. The molecule has 2 rings (SSSR count). The van der Waals surface area contributed by atoms with E-state index < -0.39 is 17.9 Å². The first-order chi connectivity index (χ1) is 8.87. The topological polar surface area (TPSA) is 21.3 Å². The van der Waals surface area contributed by atoms with Crippen molar-refractivity contribution in [2.24, 2.45) is 5.92 Å². The van der Waals surface area contributed by atoms with E-state index >= 15 is 0 Å². The van der Waals surface area contributed by atoms with Crippen LogP contribution in [0, 0.1) is 11.7 Å². The fourth-order valence-electron chi connectivity index (χ4n) is 2.48. The molecule has 0 spiro atoms. The summed E-state index contributed by atoms with van der Waals surface area (Å²) in [5, 5.41) is 3.20. The first kappa shape index (κ1) is 14.1. The molecule has 0 unspecified atom stereocenters. The Labute approximate surface area is 108 Å². The Hall–Kier alpha value is -1.30. The van der Waals surface area contributed by atoms with Gasteiger partial charge in [0.1, 0.15) is 11.6 Å². The van der Waals surface area contributed by atoms with E-state index in [2.05, 4.69) is 10.1 Å². The van der Waals surface area contributed by atoms with Gasteiger partial charge < -0.3 is 10.1 Å². The van der Waals surface area contributed by atoms with Crippen molar-refractivity contribution in [1.82, 2.24) is 5.32 Å². The molecule has 0 aliphatic carbocycles. The lowest BCUT2D eigenvalue weighted by atomic mass is 9.82. The van der Waals surface area contributed by atoms with Crippen molar-refractivity contribution in [2.45, 2.75) is 25.6 Å². The van der Waals surface area contributed by atoms with Crippen LogP contribution in [0.15, 0.2) is 18.2 Å². The molecule has 1 fully saturated rings. The van der Waals surface area contributed by atoms with Gasteiger partial charge >= 0.3 is 6.36 Å². The Bertz CT molecular complexity index is 447. The molecule has 2 atom stereocenters. The Kier molecular flexibility index (Phi) is 3.99. The van der Waals surface area contributed by atoms with Gasteiger partial charge in [-0.15, -0.1) is 13.2 Å². The number of hydrogen-bond donors (Lipinski definition) is 1. The van der Waals surface area contributed by atoms with Gasteiger partial charge in [-0.25, -0.2) is 4.39 Å². The normalized spacial score (nSPS) is 24.3. The molecular formula is C13H15F4NO. The van der Waals surface area contributed by atoms with Gasteiger partial charge in [0.25, 0.3) is 0 Å². The molecule has 19 heavy (non-hydrogen) atoms. The molecule has 1 N–H and O–H groups in total. The molecule has 2 nitrogen and oxygen atoms in total. The minimum absolute atomic E-state index is 0.0289. The van der Waals surface area contributed by atoms with Gasteiger partial charge in [-0.05, 0) is 43.0 Å². The van der Waals surface area contributed by atoms with E-state index in [4.69, 9.17) is 0 Å². The van der Waals surface area contributed by atoms with Gasteiger partial charge in [-0.3, -0.25) is 0 Å². The van der Waals surface area contributed by atoms with Crippen molar-refractivity contribution < 1.29 is 22.3 Å². The molecule has 1 aromatic carbocycles. The van der Waals surface area contributed by atoms with E-state index in [1.165, 1.54) is 12.1 Å². The van der Waals surface area contributed by atoms with Crippen LogP contribution in [0.1, 0.15) is 24.8 Å². The number of hydrogen-bond acceptors (Lipinski definition) is 2. The van der Waals surface area contributed by atoms with Crippen molar-refractivity contribution in [3.05, 3.63) is 29.6 Å². The van der Waals surface area contributed by atoms with Gasteiger partial charge in [-0.2, -0.15) is 0 Å². The number of rotatable bonds is 2. The summed E-state index contributed by atoms with van der Waals surface area (Å²) in [5.74, 6) is -0.880. The fraction of sp³-hybridized carbons (Fsp3) is 0.538. The Morgan fingerprint density at radius 3 is 2.63 bits per heavy atom. The minimum atomic E-state index is -4.80. The molecule has 0 radical (unpaired) electrons. The molecule has 1 saturated heterocycles. The molecule has 106 valence electrons. The molecule has 6 heteroatoms. The summed E-state index contributed by atoms with van der Waals surface area (Å²) in [6.07, 6.45) is -4.02. The van der Waals surface area contributed by atoms with Crippen molar-refractivity contribution in [2.75, 3.05) is 13.1 Å². The van der Waals surface area contributed by atoms with E-state index in [1.807, 2.05) is 6.92 Å². The molecule has 0 aromatic heterocycles. The lowest BCUT2D eigenvalue weighted by Crippen LogP contribution is -2.34. The van der Waals surface area contributed by atoms with Gasteiger partial charge in [0, 0.05) is 6.07 Å². The summed E-state index contributed by atoms with van der Waals surface area (Å²) < 4.78 is 53.7. The van der Waals surface area contributed by atoms with Crippen LogP contribution in [0.5, 0.6) is 5.75 Å². The van der Waals surface area contributed by atoms with E-state index in [0.717, 1.165) is 25.6 Å². The number of piperidine rings is 1. The number of nitrogens with one attached hydrogen (secondary N) is 1. The third-order valence-electron chi connectivity index (χ3n) is 3.39. The molecule has 1 aliphatic rings. The molecule has 0 bridgehead atoms. The van der Waals surface area contributed by atoms with E-state index in [1.54, 1.807) is 0 Å². The van der Waals surface area contributed by atoms with Gasteiger partial charge in [0.15, 0.2) is 0 Å². The minimum Gasteiger partial charge on any atom is -0.406 e. The zero-order valence-electron chi connectivity index (χ0n) is 10.4. The smallest absolute Gasteiger partial charge is 0.406 e. The second-order valence-corrected chi connectivity index (χ2v) is 4.81. The van der Waals surface area contributed by atoms with Gasteiger partial charge in [0.05, 0.1) is 0 Å². The highest BCUT2D eigenvalue weighted by Crippen LogP contribution is 2.34. The lowest BCUT2D eigenvalue weighted by molar-refractivity contribution is -0.274. The Balaban J connectivity index is 2.19. The van der Waals surface area contributed by atoms with Crippen LogP contribution in [0.3, 0.4) is 0 Å². The van der Waals surface area contributed by atoms with E-state index in [9.17, 15) is 17.6 Å². The zero-order valence-corrected chi connectivity index (χ0v) is 10.4. The number of benzene rings is 1. The maximum atomic E-state index is 13.9. The summed E-state index contributed by atoms with van der Waals surface area (Å²) in [4.78, 5) is 0. The van der Waals surface area contributed by atoms with Crippen molar-refractivity contribution in [3.63, 3.8) is 0 Å². The van der Waals surface area contributed by atoms with Gasteiger partial charge in [-0.1, -0.05) is 13.0 Å². The highest BCUT2D eigenvalue weighted by Gasteiger charge is 2.32. The van der Waals surface area contributed by atoms with Crippen molar-refractivity contribution in [3.8, 4) is 5.75 Å². The Morgan fingerprint density at radius 1 is 1.32 bits per heavy atom. The molecular weight excluding hydrogens is 262 g/mol. The van der Waals surface area contributed by atoms with Gasteiger partial charge in [0.2, 0.25) is 0 Å². The number of alkyl halides is 3. The van der Waals surface area contributed by atoms with Crippen LogP contribution in [0.4, 0.5) is 17.6 Å². The SMILES string of the molecule is C[C@@H]1CNCC[C@@H]1c1ccc(OC(F)(F)F)cc1F. The molecule has 0 saturated carbocycles. The van der Waals surface area contributed by atoms with Crippen LogP contribution >= 0.6 is 0 Å². The summed E-state index contributed by atoms with van der Waals surface area (Å²) in [6, 6.07) is 3.36. The summed E-state index contributed by atoms with van der Waals surface area (Å²) in [7, 11) is 0. The highest BCUT2D eigenvalue weighted by atomic mass is 19.4. The summed E-state index contributed by atoms with van der Waals surface area (Å²) >= 11 is 0. The Morgan fingerprint density at radius 2 is 2.05 bits per heavy atom. The summed E-state index contributed by atoms with van der Waals surface area (Å²) in [6.45, 7) is 3.57. The van der Waals surface area contributed by atoms with Crippen LogP contribution < -0.4 is 10.1 Å². The predicted molar refractivity (Wildman–Crippen MR) is 62.5 cm³/mol. The first-order valence-corrected chi connectivity index (χ1v) is 6.13. The summed E-state index contributed by atoms with van der Waals surface area (Å²) in [5.41, 5.74) is 0.462. The molecule has 1 aromatic rings. The quantitative estimate of drug-likeness (QED) is 0.836. The van der Waals surface area contributed by atoms with Crippen LogP contribution in [-0.2, 0) is 0 Å². The van der Waals surface area contributed by atoms with Crippen molar-refractivity contribution >= 4 is 0 Å². The van der Waals surface area contributed by atoms with E-state index in [0.29, 0.717) is 5.56 Å². The number of ether oxygens (including phenoxy) is 1. The second kappa shape index (κ2) is 5.36. The van der Waals surface area contributed by atoms with Crippen LogP contribution in [0.2, 0.25) is 0 Å². The fourth-order valence-corrected chi connectivity index (χ4v) is 2.48. The van der Waals surface area contributed by atoms with Crippen LogP contribution in [-0.4, -0.2) is 19.5 Å². The standard InChI is InChI=1S/C13H15F4NO/c1-8-7-18-5-4-10(8)11-3-2-9(6-12(11)14)19-13(15,16)17/h2-3,6,8,10,18H,4-5,7H2,1H3/t8-,10+/m1/s1. The lowest BCUT2D eigenvalue weighted by Gasteiger charge is -2.30. The van der Waals surface area contributed by atoms with E-state index in [-0.39, 0.29) is 11.8 Å². The van der Waals surface area contributed by atoms with Crippen molar-refractivity contribution in [1.29, 1.82) is 0 Å². The van der Waals surface area contributed by atoms with Crippen LogP contribution in [0.25, 0.3) is 0 Å².